The Morgan fingerprint density at radius 3 is 2.70 bits per heavy atom. The Balaban J connectivity index is 1.64. The SMILES string of the molecule is Cc1noc(-c2ccnc(N(Cc3ccccc3)C3CC3)c2)n1. The van der Waals surface area contributed by atoms with E-state index in [0.717, 1.165) is 17.9 Å². The highest BCUT2D eigenvalue weighted by molar-refractivity contribution is 5.59. The van der Waals surface area contributed by atoms with Gasteiger partial charge in [0.05, 0.1) is 0 Å². The lowest BCUT2D eigenvalue weighted by Gasteiger charge is -2.24. The maximum atomic E-state index is 5.27. The van der Waals surface area contributed by atoms with E-state index in [2.05, 4.69) is 44.3 Å². The number of rotatable bonds is 5. The van der Waals surface area contributed by atoms with Gasteiger partial charge in [-0.15, -0.1) is 0 Å². The molecule has 1 aromatic carbocycles. The van der Waals surface area contributed by atoms with Gasteiger partial charge in [0, 0.05) is 24.3 Å². The fourth-order valence-electron chi connectivity index (χ4n) is 2.69. The Morgan fingerprint density at radius 1 is 1.17 bits per heavy atom. The van der Waals surface area contributed by atoms with Gasteiger partial charge in [0.2, 0.25) is 0 Å². The Morgan fingerprint density at radius 2 is 2.00 bits per heavy atom. The maximum Gasteiger partial charge on any atom is 0.258 e. The van der Waals surface area contributed by atoms with Gasteiger partial charge in [0.25, 0.3) is 5.89 Å². The lowest BCUT2D eigenvalue weighted by atomic mass is 10.2. The van der Waals surface area contributed by atoms with Crippen molar-refractivity contribution in [3.63, 3.8) is 0 Å². The molecular weight excluding hydrogens is 288 g/mol. The van der Waals surface area contributed by atoms with Gasteiger partial charge in [0.1, 0.15) is 5.82 Å². The zero-order chi connectivity index (χ0) is 15.6. The Kier molecular flexibility index (Phi) is 3.54. The van der Waals surface area contributed by atoms with Crippen LogP contribution in [0.15, 0.2) is 53.2 Å². The minimum Gasteiger partial charge on any atom is -0.349 e. The number of nitrogens with zero attached hydrogens (tertiary/aromatic N) is 4. The first kappa shape index (κ1) is 13.9. The van der Waals surface area contributed by atoms with Crippen LogP contribution >= 0.6 is 0 Å². The molecule has 5 heteroatoms. The van der Waals surface area contributed by atoms with Crippen LogP contribution in [0.1, 0.15) is 24.2 Å². The zero-order valence-corrected chi connectivity index (χ0v) is 13.0. The largest absolute Gasteiger partial charge is 0.349 e. The fraction of sp³-hybridized carbons (Fsp3) is 0.278. The molecule has 116 valence electrons. The molecule has 1 saturated carbocycles. The van der Waals surface area contributed by atoms with Crippen LogP contribution in [0.3, 0.4) is 0 Å². The van der Waals surface area contributed by atoms with Crippen LogP contribution in [0.5, 0.6) is 0 Å². The van der Waals surface area contributed by atoms with Crippen molar-refractivity contribution in [2.75, 3.05) is 4.90 Å². The minimum absolute atomic E-state index is 0.543. The van der Waals surface area contributed by atoms with E-state index >= 15 is 0 Å². The first-order valence-corrected chi connectivity index (χ1v) is 7.87. The molecule has 1 aliphatic rings. The van der Waals surface area contributed by atoms with E-state index in [1.54, 1.807) is 0 Å². The molecule has 2 heterocycles. The summed E-state index contributed by atoms with van der Waals surface area (Å²) < 4.78 is 5.27. The van der Waals surface area contributed by atoms with E-state index in [4.69, 9.17) is 4.52 Å². The molecule has 1 fully saturated rings. The summed E-state index contributed by atoms with van der Waals surface area (Å²) in [6.45, 7) is 2.69. The monoisotopic (exact) mass is 306 g/mol. The van der Waals surface area contributed by atoms with Gasteiger partial charge >= 0.3 is 0 Å². The molecule has 0 aliphatic heterocycles. The summed E-state index contributed by atoms with van der Waals surface area (Å²) in [4.78, 5) is 11.2. The zero-order valence-electron chi connectivity index (χ0n) is 13.0. The van der Waals surface area contributed by atoms with E-state index in [9.17, 15) is 0 Å². The molecule has 0 radical (unpaired) electrons. The van der Waals surface area contributed by atoms with Gasteiger partial charge < -0.3 is 9.42 Å². The standard InChI is InChI=1S/C18H18N4O/c1-13-20-18(23-21-13)15-9-10-19-17(11-15)22(16-7-8-16)12-14-5-3-2-4-6-14/h2-6,9-11,16H,7-8,12H2,1H3. The van der Waals surface area contributed by atoms with Gasteiger partial charge in [-0.3, -0.25) is 0 Å². The van der Waals surface area contributed by atoms with E-state index in [-0.39, 0.29) is 0 Å². The van der Waals surface area contributed by atoms with E-state index < -0.39 is 0 Å². The third-order valence-corrected chi connectivity index (χ3v) is 4.00. The molecule has 2 aromatic heterocycles. The molecule has 0 N–H and O–H groups in total. The molecule has 0 bridgehead atoms. The van der Waals surface area contributed by atoms with E-state index in [1.807, 2.05) is 31.3 Å². The van der Waals surface area contributed by atoms with E-state index in [0.29, 0.717) is 17.8 Å². The Hall–Kier alpha value is -2.69. The van der Waals surface area contributed by atoms with Crippen LogP contribution in [0.2, 0.25) is 0 Å². The predicted octanol–water partition coefficient (Wildman–Crippen LogP) is 3.61. The van der Waals surface area contributed by atoms with Crippen molar-refractivity contribution in [1.29, 1.82) is 0 Å². The van der Waals surface area contributed by atoms with Gasteiger partial charge in [0.15, 0.2) is 5.82 Å². The van der Waals surface area contributed by atoms with Crippen molar-refractivity contribution in [3.05, 3.63) is 60.0 Å². The van der Waals surface area contributed by atoms with Gasteiger partial charge in [-0.1, -0.05) is 35.5 Å². The molecule has 0 spiro atoms. The summed E-state index contributed by atoms with van der Waals surface area (Å²) in [5.41, 5.74) is 2.20. The van der Waals surface area contributed by atoms with Crippen LogP contribution in [0, 0.1) is 6.92 Å². The molecule has 0 unspecified atom stereocenters. The topological polar surface area (TPSA) is 55.1 Å². The fourth-order valence-corrected chi connectivity index (χ4v) is 2.69. The first-order chi connectivity index (χ1) is 11.3. The molecular formula is C18H18N4O. The lowest BCUT2D eigenvalue weighted by Crippen LogP contribution is -2.25. The molecule has 1 aliphatic carbocycles. The van der Waals surface area contributed by atoms with Crippen molar-refractivity contribution >= 4 is 5.82 Å². The van der Waals surface area contributed by atoms with Crippen molar-refractivity contribution in [1.82, 2.24) is 15.1 Å². The van der Waals surface area contributed by atoms with Crippen LogP contribution in [0.4, 0.5) is 5.82 Å². The highest BCUT2D eigenvalue weighted by Crippen LogP contribution is 2.33. The summed E-state index contributed by atoms with van der Waals surface area (Å²) in [6, 6.07) is 15.0. The number of hydrogen-bond donors (Lipinski definition) is 0. The Labute approximate surface area is 135 Å². The second-order valence-corrected chi connectivity index (χ2v) is 5.89. The average Bonchev–Trinajstić information content (AvgIpc) is 3.34. The third-order valence-electron chi connectivity index (χ3n) is 4.00. The molecule has 3 aromatic rings. The van der Waals surface area contributed by atoms with Gasteiger partial charge in [-0.05, 0) is 37.5 Å². The van der Waals surface area contributed by atoms with Gasteiger partial charge in [-0.2, -0.15) is 4.98 Å². The van der Waals surface area contributed by atoms with Crippen molar-refractivity contribution in [2.45, 2.75) is 32.4 Å². The number of pyridine rings is 1. The van der Waals surface area contributed by atoms with Crippen LogP contribution in [-0.2, 0) is 6.54 Å². The molecule has 4 rings (SSSR count). The summed E-state index contributed by atoms with van der Waals surface area (Å²) in [7, 11) is 0. The van der Waals surface area contributed by atoms with Crippen LogP contribution in [-0.4, -0.2) is 21.2 Å². The van der Waals surface area contributed by atoms with Crippen LogP contribution < -0.4 is 4.90 Å². The first-order valence-electron chi connectivity index (χ1n) is 7.87. The predicted molar refractivity (Wildman–Crippen MR) is 87.9 cm³/mol. The normalized spacial score (nSPS) is 14.0. The maximum absolute atomic E-state index is 5.27. The second-order valence-electron chi connectivity index (χ2n) is 5.89. The van der Waals surface area contributed by atoms with Crippen LogP contribution in [0.25, 0.3) is 11.5 Å². The summed E-state index contributed by atoms with van der Waals surface area (Å²) >= 11 is 0. The molecule has 0 saturated heterocycles. The summed E-state index contributed by atoms with van der Waals surface area (Å²) in [5, 5.41) is 3.86. The van der Waals surface area contributed by atoms with Crippen molar-refractivity contribution < 1.29 is 4.52 Å². The highest BCUT2D eigenvalue weighted by Gasteiger charge is 2.30. The number of aromatic nitrogens is 3. The summed E-state index contributed by atoms with van der Waals surface area (Å²) in [6.07, 6.45) is 4.25. The molecule has 5 nitrogen and oxygen atoms in total. The number of benzene rings is 1. The lowest BCUT2D eigenvalue weighted by molar-refractivity contribution is 0.425. The van der Waals surface area contributed by atoms with E-state index in [1.165, 1.54) is 18.4 Å². The minimum atomic E-state index is 0.543. The van der Waals surface area contributed by atoms with Crippen molar-refractivity contribution in [2.24, 2.45) is 0 Å². The van der Waals surface area contributed by atoms with Gasteiger partial charge in [-0.25, -0.2) is 4.98 Å². The molecule has 23 heavy (non-hydrogen) atoms. The number of anilines is 1. The third kappa shape index (κ3) is 3.08. The molecule has 0 atom stereocenters. The summed E-state index contributed by atoms with van der Waals surface area (Å²) in [5.74, 6) is 2.15. The quantitative estimate of drug-likeness (QED) is 0.720. The highest BCUT2D eigenvalue weighted by atomic mass is 16.5. The Bertz CT molecular complexity index is 796. The number of hydrogen-bond acceptors (Lipinski definition) is 5. The van der Waals surface area contributed by atoms with Crippen molar-refractivity contribution in [3.8, 4) is 11.5 Å². The smallest absolute Gasteiger partial charge is 0.258 e. The second kappa shape index (κ2) is 5.83. The number of aryl methyl sites for hydroxylation is 1. The molecule has 0 amide bonds. The average molecular weight is 306 g/mol.